The van der Waals surface area contributed by atoms with Crippen LogP contribution >= 0.6 is 22.6 Å². The maximum Gasteiger partial charge on any atom is 0.336 e. The topological polar surface area (TPSA) is 74.6 Å². The largest absolute Gasteiger partial charge is 0.507 e. The highest BCUT2D eigenvalue weighted by Gasteiger charge is 2.19. The maximum absolute atomic E-state index is 12.3. The Morgan fingerprint density at radius 2 is 1.58 bits per heavy atom. The van der Waals surface area contributed by atoms with Crippen molar-refractivity contribution < 1.29 is 19.8 Å². The molecule has 0 saturated heterocycles. The van der Waals surface area contributed by atoms with Crippen LogP contribution in [-0.2, 0) is 0 Å². The Kier molecular flexibility index (Phi) is 3.84. The smallest absolute Gasteiger partial charge is 0.336 e. The van der Waals surface area contributed by atoms with Crippen molar-refractivity contribution >= 4 is 34.3 Å². The minimum absolute atomic E-state index is 0.0616. The quantitative estimate of drug-likeness (QED) is 0.646. The molecule has 2 aromatic carbocycles. The number of rotatable bonds is 3. The van der Waals surface area contributed by atoms with Gasteiger partial charge in [0.2, 0.25) is 0 Å². The molecule has 0 aliphatic heterocycles. The van der Waals surface area contributed by atoms with Gasteiger partial charge >= 0.3 is 5.97 Å². The van der Waals surface area contributed by atoms with Crippen molar-refractivity contribution in [3.05, 3.63) is 62.7 Å². The Bertz CT molecular complexity index is 664. The van der Waals surface area contributed by atoms with Crippen molar-refractivity contribution in [3.63, 3.8) is 0 Å². The van der Waals surface area contributed by atoms with Gasteiger partial charge in [0.25, 0.3) is 0 Å². The second-order valence-electron chi connectivity index (χ2n) is 3.84. The number of aromatic hydroxyl groups is 1. The van der Waals surface area contributed by atoms with E-state index >= 15 is 0 Å². The summed E-state index contributed by atoms with van der Waals surface area (Å²) in [5, 5.41) is 18.8. The molecule has 0 heterocycles. The first kappa shape index (κ1) is 13.5. The van der Waals surface area contributed by atoms with E-state index in [1.54, 1.807) is 18.2 Å². The van der Waals surface area contributed by atoms with Crippen LogP contribution in [-0.4, -0.2) is 22.0 Å². The fourth-order valence-electron chi connectivity index (χ4n) is 1.71. The third-order valence-electron chi connectivity index (χ3n) is 2.61. The molecule has 0 amide bonds. The zero-order valence-corrected chi connectivity index (χ0v) is 11.8. The third kappa shape index (κ3) is 2.76. The first-order valence-electron chi connectivity index (χ1n) is 5.36. The molecule has 19 heavy (non-hydrogen) atoms. The van der Waals surface area contributed by atoms with Gasteiger partial charge in [0.1, 0.15) is 5.75 Å². The van der Waals surface area contributed by atoms with Crippen molar-refractivity contribution in [1.82, 2.24) is 0 Å². The number of phenols is 1. The van der Waals surface area contributed by atoms with Crippen molar-refractivity contribution in [2.24, 2.45) is 0 Å². The van der Waals surface area contributed by atoms with E-state index in [1.165, 1.54) is 24.3 Å². The van der Waals surface area contributed by atoms with Gasteiger partial charge in [0.15, 0.2) is 5.78 Å². The molecule has 4 nitrogen and oxygen atoms in total. The van der Waals surface area contributed by atoms with Crippen LogP contribution in [0.5, 0.6) is 5.75 Å². The summed E-state index contributed by atoms with van der Waals surface area (Å²) in [6.07, 6.45) is 0. The molecule has 0 radical (unpaired) electrons. The molecule has 0 unspecified atom stereocenters. The molecule has 0 saturated carbocycles. The molecule has 0 aromatic heterocycles. The Hall–Kier alpha value is -1.89. The minimum Gasteiger partial charge on any atom is -0.507 e. The van der Waals surface area contributed by atoms with Gasteiger partial charge in [-0.3, -0.25) is 4.79 Å². The average molecular weight is 368 g/mol. The first-order chi connectivity index (χ1) is 9.00. The van der Waals surface area contributed by atoms with Crippen LogP contribution in [0.15, 0.2) is 42.5 Å². The molecule has 0 atom stereocenters. The van der Waals surface area contributed by atoms with Gasteiger partial charge in [-0.1, -0.05) is 18.2 Å². The summed E-state index contributed by atoms with van der Waals surface area (Å²) in [5.74, 6) is -1.84. The van der Waals surface area contributed by atoms with Crippen molar-refractivity contribution in [3.8, 4) is 5.75 Å². The summed E-state index contributed by atoms with van der Waals surface area (Å²) in [5.41, 5.74) is 0.0751. The number of carbonyl (C=O) groups is 2. The number of benzene rings is 2. The predicted molar refractivity (Wildman–Crippen MR) is 77.7 cm³/mol. The molecule has 0 bridgehead atoms. The van der Waals surface area contributed by atoms with Crippen LogP contribution in [0.2, 0.25) is 0 Å². The highest BCUT2D eigenvalue weighted by atomic mass is 127. The standard InChI is InChI=1S/C14H9IO4/c15-8-5-6-11(12(16)7-8)13(17)9-3-1-2-4-10(9)14(18)19/h1-7,16H,(H,18,19). The van der Waals surface area contributed by atoms with Crippen molar-refractivity contribution in [1.29, 1.82) is 0 Å². The number of carbonyl (C=O) groups excluding carboxylic acids is 1. The SMILES string of the molecule is O=C(O)c1ccccc1C(=O)c1ccc(I)cc1O. The van der Waals surface area contributed by atoms with Gasteiger partial charge in [-0.05, 0) is 46.9 Å². The minimum atomic E-state index is -1.17. The first-order valence-corrected chi connectivity index (χ1v) is 6.44. The lowest BCUT2D eigenvalue weighted by molar-refractivity contribution is 0.0692. The Morgan fingerprint density at radius 3 is 2.16 bits per heavy atom. The van der Waals surface area contributed by atoms with Crippen molar-refractivity contribution in [2.75, 3.05) is 0 Å². The summed E-state index contributed by atoms with van der Waals surface area (Å²) in [6, 6.07) is 10.5. The van der Waals surface area contributed by atoms with E-state index in [0.29, 0.717) is 0 Å². The molecule has 2 aromatic rings. The van der Waals surface area contributed by atoms with Gasteiger partial charge in [-0.2, -0.15) is 0 Å². The zero-order valence-electron chi connectivity index (χ0n) is 9.63. The number of carboxylic acid groups (broad SMARTS) is 1. The Balaban J connectivity index is 2.53. The summed E-state index contributed by atoms with van der Waals surface area (Å²) in [6.45, 7) is 0. The monoisotopic (exact) mass is 368 g/mol. The van der Waals surface area contributed by atoms with Crippen LogP contribution in [0.4, 0.5) is 0 Å². The number of hydrogen-bond acceptors (Lipinski definition) is 3. The van der Waals surface area contributed by atoms with E-state index in [-0.39, 0.29) is 22.4 Å². The lowest BCUT2D eigenvalue weighted by Gasteiger charge is -2.07. The van der Waals surface area contributed by atoms with E-state index in [1.807, 2.05) is 22.6 Å². The number of halogens is 1. The molecule has 0 spiro atoms. The third-order valence-corrected chi connectivity index (χ3v) is 3.28. The molecule has 0 aliphatic rings. The van der Waals surface area contributed by atoms with Crippen molar-refractivity contribution in [2.45, 2.75) is 0 Å². The van der Waals surface area contributed by atoms with Gasteiger partial charge in [-0.25, -0.2) is 4.79 Å². The number of ketones is 1. The summed E-state index contributed by atoms with van der Waals surface area (Å²) < 4.78 is 0.790. The molecule has 2 N–H and O–H groups in total. The van der Waals surface area contributed by atoms with Crippen LogP contribution in [0, 0.1) is 3.57 Å². The van der Waals surface area contributed by atoms with Crippen LogP contribution in [0.3, 0.4) is 0 Å². The molecular weight excluding hydrogens is 359 g/mol. The molecule has 0 fully saturated rings. The van der Waals surface area contributed by atoms with Crippen LogP contribution < -0.4 is 0 Å². The van der Waals surface area contributed by atoms with E-state index in [0.717, 1.165) is 3.57 Å². The average Bonchev–Trinajstić information content (AvgIpc) is 2.38. The van der Waals surface area contributed by atoms with Crippen LogP contribution in [0.1, 0.15) is 26.3 Å². The second kappa shape index (κ2) is 5.40. The van der Waals surface area contributed by atoms with Crippen LogP contribution in [0.25, 0.3) is 0 Å². The lowest BCUT2D eigenvalue weighted by atomic mass is 9.98. The van der Waals surface area contributed by atoms with Gasteiger partial charge in [0, 0.05) is 9.13 Å². The summed E-state index contributed by atoms with van der Waals surface area (Å²) >= 11 is 2.01. The van der Waals surface area contributed by atoms with E-state index in [9.17, 15) is 14.7 Å². The molecule has 5 heteroatoms. The Labute approximate surface area is 122 Å². The number of phenolic OH excluding ortho intramolecular Hbond substituents is 1. The summed E-state index contributed by atoms with van der Waals surface area (Å²) in [4.78, 5) is 23.4. The highest BCUT2D eigenvalue weighted by molar-refractivity contribution is 14.1. The number of carboxylic acids is 1. The second-order valence-corrected chi connectivity index (χ2v) is 5.09. The lowest BCUT2D eigenvalue weighted by Crippen LogP contribution is -2.09. The number of aromatic carboxylic acids is 1. The maximum atomic E-state index is 12.3. The predicted octanol–water partition coefficient (Wildman–Crippen LogP) is 2.93. The molecule has 96 valence electrons. The molecule has 2 rings (SSSR count). The van der Waals surface area contributed by atoms with E-state index in [2.05, 4.69) is 0 Å². The highest BCUT2D eigenvalue weighted by Crippen LogP contribution is 2.24. The Morgan fingerprint density at radius 1 is 0.947 bits per heavy atom. The summed E-state index contributed by atoms with van der Waals surface area (Å²) in [7, 11) is 0. The molecule has 0 aliphatic carbocycles. The normalized spacial score (nSPS) is 10.2. The zero-order chi connectivity index (χ0) is 14.0. The fourth-order valence-corrected chi connectivity index (χ4v) is 2.18. The molecular formula is C14H9IO4. The van der Waals surface area contributed by atoms with E-state index < -0.39 is 11.8 Å². The fraction of sp³-hybridized carbons (Fsp3) is 0. The van der Waals surface area contributed by atoms with Gasteiger partial charge < -0.3 is 10.2 Å². The number of hydrogen-bond donors (Lipinski definition) is 2. The van der Waals surface area contributed by atoms with Gasteiger partial charge in [-0.15, -0.1) is 0 Å². The van der Waals surface area contributed by atoms with Gasteiger partial charge in [0.05, 0.1) is 11.1 Å². The van der Waals surface area contributed by atoms with E-state index in [4.69, 9.17) is 5.11 Å².